The molecular weight excluding hydrogens is 248 g/mol. The number of carboxylic acid groups (broad SMARTS) is 1. The van der Waals surface area contributed by atoms with Crippen molar-refractivity contribution in [3.05, 3.63) is 35.4 Å². The summed E-state index contributed by atoms with van der Waals surface area (Å²) in [6, 6.07) is 6.53. The summed E-state index contributed by atoms with van der Waals surface area (Å²) in [6.07, 6.45) is 1.42. The van der Waals surface area contributed by atoms with E-state index in [1.54, 1.807) is 18.2 Å². The maximum absolute atomic E-state index is 11.5. The highest BCUT2D eigenvalue weighted by Gasteiger charge is 2.09. The van der Waals surface area contributed by atoms with Gasteiger partial charge < -0.3 is 15.7 Å². The normalized spacial score (nSPS) is 9.68. The van der Waals surface area contributed by atoms with Crippen molar-refractivity contribution in [3.8, 4) is 0 Å². The highest BCUT2D eigenvalue weighted by molar-refractivity contribution is 5.89. The number of hydrogen-bond acceptors (Lipinski definition) is 3. The Bertz CT molecular complexity index is 460. The van der Waals surface area contributed by atoms with Crippen molar-refractivity contribution in [3.63, 3.8) is 0 Å². The third-order valence-electron chi connectivity index (χ3n) is 2.53. The van der Waals surface area contributed by atoms with Crippen molar-refractivity contribution in [2.24, 2.45) is 0 Å². The van der Waals surface area contributed by atoms with Gasteiger partial charge in [-0.2, -0.15) is 0 Å². The number of benzene rings is 1. The standard InChI is InChI=1S/C13H16N2O4/c16-9-14-7-3-6-12(17)15-8-10-4-1-2-5-11(10)13(18)19/h1-2,4-5,9H,3,6-8H2,(H,14,16)(H,15,17)(H,18,19). The van der Waals surface area contributed by atoms with E-state index in [-0.39, 0.29) is 24.4 Å². The maximum Gasteiger partial charge on any atom is 0.336 e. The fourth-order valence-electron chi connectivity index (χ4n) is 1.58. The summed E-state index contributed by atoms with van der Waals surface area (Å²) in [4.78, 5) is 32.4. The number of carbonyl (C=O) groups excluding carboxylic acids is 2. The summed E-state index contributed by atoms with van der Waals surface area (Å²) >= 11 is 0. The lowest BCUT2D eigenvalue weighted by Crippen LogP contribution is -2.25. The Balaban J connectivity index is 2.42. The van der Waals surface area contributed by atoms with E-state index in [1.807, 2.05) is 0 Å². The van der Waals surface area contributed by atoms with Crippen molar-refractivity contribution >= 4 is 18.3 Å². The van der Waals surface area contributed by atoms with Crippen LogP contribution in [0.5, 0.6) is 0 Å². The monoisotopic (exact) mass is 264 g/mol. The van der Waals surface area contributed by atoms with Crippen LogP contribution in [0.25, 0.3) is 0 Å². The van der Waals surface area contributed by atoms with Crippen molar-refractivity contribution in [1.82, 2.24) is 10.6 Å². The molecule has 19 heavy (non-hydrogen) atoms. The maximum atomic E-state index is 11.5. The molecule has 0 atom stereocenters. The summed E-state index contributed by atoms with van der Waals surface area (Å²) in [6.45, 7) is 0.630. The molecule has 0 aliphatic heterocycles. The predicted octanol–water partition coefficient (Wildman–Crippen LogP) is 0.527. The Morgan fingerprint density at radius 1 is 1.26 bits per heavy atom. The van der Waals surface area contributed by atoms with Crippen LogP contribution in [0.2, 0.25) is 0 Å². The van der Waals surface area contributed by atoms with Gasteiger partial charge in [-0.1, -0.05) is 18.2 Å². The van der Waals surface area contributed by atoms with Crippen LogP contribution in [0.3, 0.4) is 0 Å². The van der Waals surface area contributed by atoms with Gasteiger partial charge in [0, 0.05) is 19.5 Å². The van der Waals surface area contributed by atoms with E-state index in [0.717, 1.165) is 0 Å². The van der Waals surface area contributed by atoms with Crippen LogP contribution in [-0.2, 0) is 16.1 Å². The van der Waals surface area contributed by atoms with E-state index in [1.165, 1.54) is 6.07 Å². The minimum atomic E-state index is -1.01. The number of hydrogen-bond donors (Lipinski definition) is 3. The first-order valence-electron chi connectivity index (χ1n) is 5.90. The van der Waals surface area contributed by atoms with E-state index >= 15 is 0 Å². The smallest absolute Gasteiger partial charge is 0.336 e. The zero-order chi connectivity index (χ0) is 14.1. The van der Waals surface area contributed by atoms with Crippen molar-refractivity contribution < 1.29 is 19.5 Å². The predicted molar refractivity (Wildman–Crippen MR) is 68.5 cm³/mol. The summed E-state index contributed by atoms with van der Waals surface area (Å²) in [5.41, 5.74) is 0.750. The van der Waals surface area contributed by atoms with Gasteiger partial charge in [0.2, 0.25) is 12.3 Å². The van der Waals surface area contributed by atoms with Crippen LogP contribution in [0.15, 0.2) is 24.3 Å². The van der Waals surface area contributed by atoms with E-state index < -0.39 is 5.97 Å². The lowest BCUT2D eigenvalue weighted by Gasteiger charge is -2.08. The number of aromatic carboxylic acids is 1. The molecule has 0 unspecified atom stereocenters. The van der Waals surface area contributed by atoms with Gasteiger partial charge >= 0.3 is 5.97 Å². The molecule has 6 nitrogen and oxygen atoms in total. The van der Waals surface area contributed by atoms with Gasteiger partial charge in [0.15, 0.2) is 0 Å². The van der Waals surface area contributed by atoms with Crippen molar-refractivity contribution in [2.45, 2.75) is 19.4 Å². The molecule has 2 amide bonds. The highest BCUT2D eigenvalue weighted by atomic mass is 16.4. The molecule has 102 valence electrons. The minimum Gasteiger partial charge on any atom is -0.478 e. The largest absolute Gasteiger partial charge is 0.478 e. The van der Waals surface area contributed by atoms with Gasteiger partial charge in [0.05, 0.1) is 5.56 Å². The first-order valence-corrected chi connectivity index (χ1v) is 5.90. The first-order chi connectivity index (χ1) is 9.15. The third-order valence-corrected chi connectivity index (χ3v) is 2.53. The molecule has 0 aliphatic rings. The second-order valence-electron chi connectivity index (χ2n) is 3.91. The summed E-state index contributed by atoms with van der Waals surface area (Å²) in [5.74, 6) is -1.19. The number of amides is 2. The van der Waals surface area contributed by atoms with E-state index in [9.17, 15) is 14.4 Å². The quantitative estimate of drug-likeness (QED) is 0.471. The molecule has 0 saturated carbocycles. The molecule has 0 fully saturated rings. The molecule has 1 aromatic rings. The van der Waals surface area contributed by atoms with Gasteiger partial charge in [-0.05, 0) is 18.1 Å². The molecule has 1 rings (SSSR count). The van der Waals surface area contributed by atoms with Crippen LogP contribution in [0.1, 0.15) is 28.8 Å². The summed E-state index contributed by atoms with van der Waals surface area (Å²) < 4.78 is 0. The Labute approximate surface area is 110 Å². The Morgan fingerprint density at radius 2 is 2.00 bits per heavy atom. The first kappa shape index (κ1) is 14.7. The average Bonchev–Trinajstić information content (AvgIpc) is 2.41. The third kappa shape index (κ3) is 5.20. The molecule has 0 spiro atoms. The molecule has 3 N–H and O–H groups in total. The number of carbonyl (C=O) groups is 3. The molecule has 0 bridgehead atoms. The summed E-state index contributed by atoms with van der Waals surface area (Å²) in [5, 5.41) is 14.1. The minimum absolute atomic E-state index is 0.173. The van der Waals surface area contributed by atoms with E-state index in [4.69, 9.17) is 5.11 Å². The lowest BCUT2D eigenvalue weighted by molar-refractivity contribution is -0.121. The number of rotatable bonds is 8. The Hall–Kier alpha value is -2.37. The van der Waals surface area contributed by atoms with Crippen LogP contribution < -0.4 is 10.6 Å². The fraction of sp³-hybridized carbons (Fsp3) is 0.308. The summed E-state index contributed by atoms with van der Waals surface area (Å²) in [7, 11) is 0. The number of carboxylic acids is 1. The lowest BCUT2D eigenvalue weighted by atomic mass is 10.1. The van der Waals surface area contributed by atoms with Gasteiger partial charge in [-0.15, -0.1) is 0 Å². The average molecular weight is 264 g/mol. The van der Waals surface area contributed by atoms with Crippen LogP contribution in [-0.4, -0.2) is 29.9 Å². The van der Waals surface area contributed by atoms with E-state index in [2.05, 4.69) is 10.6 Å². The SMILES string of the molecule is O=CNCCCC(=O)NCc1ccccc1C(=O)O. The molecule has 0 saturated heterocycles. The molecule has 6 heteroatoms. The molecule has 1 aromatic carbocycles. The number of nitrogens with one attached hydrogen (secondary N) is 2. The molecule has 0 heterocycles. The van der Waals surface area contributed by atoms with Gasteiger partial charge in [-0.3, -0.25) is 9.59 Å². The Kier molecular flexibility index (Phi) is 6.08. The molecular formula is C13H16N2O4. The van der Waals surface area contributed by atoms with Crippen molar-refractivity contribution in [1.29, 1.82) is 0 Å². The van der Waals surface area contributed by atoms with Crippen LogP contribution in [0.4, 0.5) is 0 Å². The van der Waals surface area contributed by atoms with Crippen LogP contribution in [0, 0.1) is 0 Å². The second kappa shape index (κ2) is 7.86. The molecule has 0 aliphatic carbocycles. The van der Waals surface area contributed by atoms with Crippen LogP contribution >= 0.6 is 0 Å². The van der Waals surface area contributed by atoms with Gasteiger partial charge in [0.1, 0.15) is 0 Å². The zero-order valence-electron chi connectivity index (χ0n) is 10.4. The van der Waals surface area contributed by atoms with Gasteiger partial charge in [-0.25, -0.2) is 4.79 Å². The Morgan fingerprint density at radius 3 is 2.68 bits per heavy atom. The highest BCUT2D eigenvalue weighted by Crippen LogP contribution is 2.08. The fourth-order valence-corrected chi connectivity index (χ4v) is 1.58. The zero-order valence-corrected chi connectivity index (χ0v) is 10.4. The molecule has 0 aromatic heterocycles. The van der Waals surface area contributed by atoms with Crippen molar-refractivity contribution in [2.75, 3.05) is 6.54 Å². The van der Waals surface area contributed by atoms with Gasteiger partial charge in [0.25, 0.3) is 0 Å². The van der Waals surface area contributed by atoms with E-state index in [0.29, 0.717) is 24.9 Å². The second-order valence-corrected chi connectivity index (χ2v) is 3.91. The molecule has 0 radical (unpaired) electrons. The topological polar surface area (TPSA) is 95.5 Å².